The number of nitrogens with one attached hydrogen (secondary N) is 3. The molecule has 11 heavy (non-hydrogen) atoms. The van der Waals surface area contributed by atoms with E-state index in [1.807, 2.05) is 0 Å². The first-order chi connectivity index (χ1) is 5.20. The number of rotatable bonds is 4. The third-order valence-corrected chi connectivity index (χ3v) is 0.981. The Morgan fingerprint density at radius 1 is 1.27 bits per heavy atom. The Morgan fingerprint density at radius 2 is 1.82 bits per heavy atom. The molecule has 0 fully saturated rings. The highest BCUT2D eigenvalue weighted by molar-refractivity contribution is 5.96. The van der Waals surface area contributed by atoms with Gasteiger partial charge in [-0.2, -0.15) is 0 Å². The van der Waals surface area contributed by atoms with Crippen molar-refractivity contribution in [2.24, 2.45) is 0 Å². The van der Waals surface area contributed by atoms with Crippen molar-refractivity contribution in [2.45, 2.75) is 13.3 Å². The van der Waals surface area contributed by atoms with Gasteiger partial charge >= 0.3 is 0 Å². The highest BCUT2D eigenvalue weighted by Gasteiger charge is 2.05. The molecule has 3 N–H and O–H groups in total. The van der Waals surface area contributed by atoms with Gasteiger partial charge in [0.05, 0.1) is 6.67 Å². The minimum atomic E-state index is -0.411. The van der Waals surface area contributed by atoms with Crippen LogP contribution in [-0.2, 0) is 9.59 Å². The SMILES string of the molecule is CCNC(=O)CC(=O)NC[NH]. The van der Waals surface area contributed by atoms with Crippen LogP contribution in [0.1, 0.15) is 13.3 Å². The quantitative estimate of drug-likeness (QED) is 0.507. The number of carbonyl (C=O) groups excluding carboxylic acids is 2. The van der Waals surface area contributed by atoms with Crippen molar-refractivity contribution in [3.63, 3.8) is 0 Å². The largest absolute Gasteiger partial charge is 0.356 e. The Labute approximate surface area is 65.3 Å². The molecule has 0 heterocycles. The monoisotopic (exact) mass is 158 g/mol. The Kier molecular flexibility index (Phi) is 5.10. The second kappa shape index (κ2) is 5.67. The molecular weight excluding hydrogens is 146 g/mol. The average Bonchev–Trinajstić information content (AvgIpc) is 1.87. The first kappa shape index (κ1) is 9.90. The number of carbonyl (C=O) groups is 2. The summed E-state index contributed by atoms with van der Waals surface area (Å²) in [5.41, 5.74) is 6.62. The minimum absolute atomic E-state index is 0.182. The first-order valence-corrected chi connectivity index (χ1v) is 3.38. The highest BCUT2D eigenvalue weighted by atomic mass is 16.2. The van der Waals surface area contributed by atoms with Crippen LogP contribution in [0.15, 0.2) is 0 Å². The molecule has 0 aromatic carbocycles. The molecule has 0 saturated heterocycles. The average molecular weight is 158 g/mol. The molecule has 5 nitrogen and oxygen atoms in total. The van der Waals surface area contributed by atoms with E-state index in [1.165, 1.54) is 0 Å². The van der Waals surface area contributed by atoms with Crippen LogP contribution in [0, 0.1) is 0 Å². The molecule has 0 saturated carbocycles. The van der Waals surface area contributed by atoms with Crippen molar-refractivity contribution in [3.8, 4) is 0 Å². The fourth-order valence-electron chi connectivity index (χ4n) is 0.567. The van der Waals surface area contributed by atoms with Crippen molar-refractivity contribution in [1.82, 2.24) is 16.4 Å². The molecule has 0 atom stereocenters. The summed E-state index contributed by atoms with van der Waals surface area (Å²) >= 11 is 0. The molecule has 0 rings (SSSR count). The Morgan fingerprint density at radius 3 is 2.27 bits per heavy atom. The molecule has 2 amide bonds. The van der Waals surface area contributed by atoms with Crippen molar-refractivity contribution in [1.29, 1.82) is 0 Å². The van der Waals surface area contributed by atoms with Crippen LogP contribution in [-0.4, -0.2) is 25.0 Å². The van der Waals surface area contributed by atoms with Crippen LogP contribution >= 0.6 is 0 Å². The lowest BCUT2D eigenvalue weighted by atomic mass is 10.4. The van der Waals surface area contributed by atoms with E-state index < -0.39 is 5.91 Å². The van der Waals surface area contributed by atoms with Gasteiger partial charge in [-0.1, -0.05) is 0 Å². The summed E-state index contributed by atoms with van der Waals surface area (Å²) < 4.78 is 0. The maximum atomic E-state index is 10.7. The molecule has 1 radical (unpaired) electrons. The highest BCUT2D eigenvalue weighted by Crippen LogP contribution is 1.78. The molecule has 0 aliphatic rings. The van der Waals surface area contributed by atoms with E-state index in [2.05, 4.69) is 10.6 Å². The van der Waals surface area contributed by atoms with E-state index in [-0.39, 0.29) is 19.0 Å². The van der Waals surface area contributed by atoms with Gasteiger partial charge in [0.25, 0.3) is 0 Å². The van der Waals surface area contributed by atoms with Gasteiger partial charge < -0.3 is 10.6 Å². The molecular formula is C6H12N3O2. The summed E-state index contributed by atoms with van der Waals surface area (Å²) in [7, 11) is 0. The second-order valence-corrected chi connectivity index (χ2v) is 1.91. The van der Waals surface area contributed by atoms with Gasteiger partial charge in [-0.3, -0.25) is 9.59 Å². The lowest BCUT2D eigenvalue weighted by Gasteiger charge is -2.01. The predicted molar refractivity (Wildman–Crippen MR) is 39.4 cm³/mol. The zero-order chi connectivity index (χ0) is 8.69. The van der Waals surface area contributed by atoms with Gasteiger partial charge in [0.2, 0.25) is 11.8 Å². The standard InChI is InChI=1S/C6H12N3O2/c1-2-8-5(10)3-6(11)9-4-7/h7H,2-4H2,1H3,(H,8,10)(H,9,11). The van der Waals surface area contributed by atoms with E-state index in [1.54, 1.807) is 6.92 Å². The lowest BCUT2D eigenvalue weighted by Crippen LogP contribution is -2.32. The topological polar surface area (TPSA) is 82.0 Å². The van der Waals surface area contributed by atoms with Crippen molar-refractivity contribution < 1.29 is 9.59 Å². The molecule has 0 bridgehead atoms. The Bertz CT molecular complexity index is 131. The van der Waals surface area contributed by atoms with E-state index in [4.69, 9.17) is 5.73 Å². The number of hydrogen-bond acceptors (Lipinski definition) is 2. The van der Waals surface area contributed by atoms with E-state index in [0.29, 0.717) is 6.54 Å². The fourth-order valence-corrected chi connectivity index (χ4v) is 0.567. The summed E-state index contributed by atoms with van der Waals surface area (Å²) in [6.07, 6.45) is -0.188. The van der Waals surface area contributed by atoms with Crippen LogP contribution in [0.5, 0.6) is 0 Å². The number of amides is 2. The normalized spacial score (nSPS) is 8.91. The van der Waals surface area contributed by atoms with Crippen LogP contribution in [0.25, 0.3) is 0 Å². The molecule has 0 spiro atoms. The first-order valence-electron chi connectivity index (χ1n) is 3.38. The van der Waals surface area contributed by atoms with Gasteiger partial charge in [-0.25, -0.2) is 5.73 Å². The van der Waals surface area contributed by atoms with E-state index >= 15 is 0 Å². The zero-order valence-corrected chi connectivity index (χ0v) is 6.44. The third kappa shape index (κ3) is 5.35. The Hall–Kier alpha value is -1.10. The van der Waals surface area contributed by atoms with Gasteiger partial charge in [-0.05, 0) is 6.92 Å². The smallest absolute Gasteiger partial charge is 0.230 e. The molecule has 63 valence electrons. The molecule has 5 heteroatoms. The third-order valence-electron chi connectivity index (χ3n) is 0.981. The summed E-state index contributed by atoms with van der Waals surface area (Å²) in [5, 5.41) is 4.68. The summed E-state index contributed by atoms with van der Waals surface area (Å²) in [6, 6.07) is 0. The summed E-state index contributed by atoms with van der Waals surface area (Å²) in [4.78, 5) is 21.3. The molecule has 0 aromatic rings. The van der Waals surface area contributed by atoms with E-state index in [0.717, 1.165) is 0 Å². The van der Waals surface area contributed by atoms with E-state index in [9.17, 15) is 9.59 Å². The summed E-state index contributed by atoms with van der Waals surface area (Å²) in [6.45, 7) is 2.12. The lowest BCUT2D eigenvalue weighted by molar-refractivity contribution is -0.129. The molecule has 0 aromatic heterocycles. The van der Waals surface area contributed by atoms with Crippen molar-refractivity contribution >= 4 is 11.8 Å². The number of hydrogen-bond donors (Lipinski definition) is 2. The van der Waals surface area contributed by atoms with Crippen LogP contribution in [0.2, 0.25) is 0 Å². The Balaban J connectivity index is 3.49. The van der Waals surface area contributed by atoms with Crippen LogP contribution in [0.3, 0.4) is 0 Å². The molecule has 0 unspecified atom stereocenters. The van der Waals surface area contributed by atoms with Crippen LogP contribution in [0.4, 0.5) is 0 Å². The van der Waals surface area contributed by atoms with Crippen LogP contribution < -0.4 is 16.4 Å². The fraction of sp³-hybridized carbons (Fsp3) is 0.667. The molecule has 0 aliphatic heterocycles. The summed E-state index contributed by atoms with van der Waals surface area (Å²) in [5.74, 6) is -0.718. The zero-order valence-electron chi connectivity index (χ0n) is 6.44. The second-order valence-electron chi connectivity index (χ2n) is 1.91. The van der Waals surface area contributed by atoms with Crippen molar-refractivity contribution in [2.75, 3.05) is 13.2 Å². The maximum Gasteiger partial charge on any atom is 0.230 e. The van der Waals surface area contributed by atoms with Gasteiger partial charge in [0, 0.05) is 6.54 Å². The van der Waals surface area contributed by atoms with Crippen molar-refractivity contribution in [3.05, 3.63) is 0 Å². The van der Waals surface area contributed by atoms with Gasteiger partial charge in [0.15, 0.2) is 0 Å². The minimum Gasteiger partial charge on any atom is -0.356 e. The maximum absolute atomic E-state index is 10.7. The van der Waals surface area contributed by atoms with Gasteiger partial charge in [-0.15, -0.1) is 0 Å². The molecule has 0 aliphatic carbocycles. The van der Waals surface area contributed by atoms with Gasteiger partial charge in [0.1, 0.15) is 6.42 Å². The predicted octanol–water partition coefficient (Wildman–Crippen LogP) is -1.13.